The molecule has 0 aromatic carbocycles. The van der Waals surface area contributed by atoms with E-state index in [1.165, 1.54) is 6.08 Å². The number of hydrogen-bond acceptors (Lipinski definition) is 3. The molecule has 0 atom stereocenters. The monoisotopic (exact) mass is 148 g/mol. The smallest absolute Gasteiger partial charge is 0.309 e. The summed E-state index contributed by atoms with van der Waals surface area (Å²) in [6.45, 7) is 3.28. The van der Waals surface area contributed by atoms with Crippen molar-refractivity contribution >= 4 is 6.03 Å². The van der Waals surface area contributed by atoms with Gasteiger partial charge in [-0.1, -0.05) is 6.08 Å². The summed E-state index contributed by atoms with van der Waals surface area (Å²) in [5, 5.41) is 16.1. The molecule has 0 radical (unpaired) electrons. The van der Waals surface area contributed by atoms with E-state index in [4.69, 9.17) is 15.0 Å². The second kappa shape index (κ2) is 7.93. The molecular weight excluding hydrogens is 136 g/mol. The number of carbonyl (C=O) groups excluding carboxylic acids is 1. The molecule has 0 saturated carbocycles. The maximum Gasteiger partial charge on any atom is 0.309 e. The molecule has 0 aliphatic rings. The van der Waals surface area contributed by atoms with E-state index in [9.17, 15) is 0 Å². The number of carbonyl (C=O) groups is 1. The molecule has 0 aliphatic heterocycles. The minimum Gasteiger partial charge on any atom is -0.368 e. The first kappa shape index (κ1) is 11.7. The van der Waals surface area contributed by atoms with Crippen LogP contribution in [0.1, 0.15) is 6.42 Å². The Bertz CT molecular complexity index is 99.1. The largest absolute Gasteiger partial charge is 0.368 e. The maximum atomic E-state index is 9.00. The number of amides is 2. The first-order valence-electron chi connectivity index (χ1n) is 2.52. The normalized spacial score (nSPS) is 7.90. The number of aliphatic hydroxyl groups excluding tert-OH is 1. The van der Waals surface area contributed by atoms with Gasteiger partial charge >= 0.3 is 6.03 Å². The van der Waals surface area contributed by atoms with Crippen LogP contribution in [0.2, 0.25) is 0 Å². The number of primary amides is 2. The van der Waals surface area contributed by atoms with Crippen molar-refractivity contribution in [2.45, 2.75) is 12.7 Å². The minimum absolute atomic E-state index is 0.250. The Morgan fingerprint density at radius 2 is 1.90 bits per heavy atom. The third kappa shape index (κ3) is 65.4. The van der Waals surface area contributed by atoms with Crippen LogP contribution in [0.25, 0.3) is 0 Å². The van der Waals surface area contributed by atoms with E-state index < -0.39 is 12.3 Å². The Labute approximate surface area is 58.9 Å². The van der Waals surface area contributed by atoms with Crippen molar-refractivity contribution < 1.29 is 15.0 Å². The van der Waals surface area contributed by atoms with Crippen molar-refractivity contribution in [2.75, 3.05) is 0 Å². The number of urea groups is 1. The van der Waals surface area contributed by atoms with Gasteiger partial charge in [-0.3, -0.25) is 0 Å². The second-order valence-electron chi connectivity index (χ2n) is 1.41. The molecule has 5 nitrogen and oxygen atoms in total. The van der Waals surface area contributed by atoms with Gasteiger partial charge in [-0.2, -0.15) is 0 Å². The molecule has 6 N–H and O–H groups in total. The SMILES string of the molecule is C=CCC(O)O.NC(N)=O. The van der Waals surface area contributed by atoms with Crippen LogP contribution in [0.15, 0.2) is 12.7 Å². The van der Waals surface area contributed by atoms with E-state index in [-0.39, 0.29) is 6.42 Å². The van der Waals surface area contributed by atoms with Crippen LogP contribution >= 0.6 is 0 Å². The Morgan fingerprint density at radius 3 is 1.90 bits per heavy atom. The van der Waals surface area contributed by atoms with Crippen molar-refractivity contribution in [3.8, 4) is 0 Å². The molecule has 0 spiro atoms. The highest BCUT2D eigenvalue weighted by Crippen LogP contribution is 1.82. The van der Waals surface area contributed by atoms with Gasteiger partial charge < -0.3 is 21.7 Å². The highest BCUT2D eigenvalue weighted by atomic mass is 16.5. The summed E-state index contributed by atoms with van der Waals surface area (Å²) in [5.74, 6) is 0. The van der Waals surface area contributed by atoms with Gasteiger partial charge in [-0.15, -0.1) is 6.58 Å². The van der Waals surface area contributed by atoms with Gasteiger partial charge in [0.2, 0.25) is 0 Å². The lowest BCUT2D eigenvalue weighted by Gasteiger charge is -1.91. The molecule has 2 amide bonds. The lowest BCUT2D eigenvalue weighted by molar-refractivity contribution is -0.0360. The molecule has 0 aromatic heterocycles. The fourth-order valence-electron chi connectivity index (χ4n) is 0.149. The van der Waals surface area contributed by atoms with Crippen LogP contribution in [-0.4, -0.2) is 22.5 Å². The van der Waals surface area contributed by atoms with Gasteiger partial charge in [0.25, 0.3) is 0 Å². The first-order chi connectivity index (χ1) is 4.50. The van der Waals surface area contributed by atoms with Gasteiger partial charge in [-0.05, 0) is 0 Å². The highest BCUT2D eigenvalue weighted by Gasteiger charge is 1.86. The standard InChI is InChI=1S/C4H8O2.CH4N2O/c1-2-3-4(5)6;2-1(3)4/h2,4-6H,1,3H2;(H4,2,3,4). The summed E-state index contributed by atoms with van der Waals surface area (Å²) >= 11 is 0. The minimum atomic E-state index is -1.22. The molecule has 0 rings (SSSR count). The van der Waals surface area contributed by atoms with Crippen molar-refractivity contribution in [3.05, 3.63) is 12.7 Å². The van der Waals surface area contributed by atoms with Gasteiger partial charge in [0.1, 0.15) is 0 Å². The Morgan fingerprint density at radius 1 is 1.60 bits per heavy atom. The summed E-state index contributed by atoms with van der Waals surface area (Å²) in [7, 11) is 0. The number of aliphatic hydroxyl groups is 2. The molecule has 0 heterocycles. The zero-order valence-corrected chi connectivity index (χ0v) is 5.53. The quantitative estimate of drug-likeness (QED) is 0.294. The van der Waals surface area contributed by atoms with Gasteiger partial charge in [0, 0.05) is 6.42 Å². The summed E-state index contributed by atoms with van der Waals surface area (Å²) < 4.78 is 0. The van der Waals surface area contributed by atoms with Gasteiger partial charge in [0.15, 0.2) is 6.29 Å². The van der Waals surface area contributed by atoms with E-state index in [1.807, 2.05) is 0 Å². The maximum absolute atomic E-state index is 9.00. The average Bonchev–Trinajstić information content (AvgIpc) is 1.62. The number of rotatable bonds is 2. The molecular formula is C5H12N2O3. The first-order valence-corrected chi connectivity index (χ1v) is 2.52. The lowest BCUT2D eigenvalue weighted by atomic mass is 10.4. The second-order valence-corrected chi connectivity index (χ2v) is 1.41. The van der Waals surface area contributed by atoms with Crippen molar-refractivity contribution in [1.29, 1.82) is 0 Å². The molecule has 0 aliphatic carbocycles. The molecule has 0 fully saturated rings. The van der Waals surface area contributed by atoms with Crippen molar-refractivity contribution in [1.82, 2.24) is 0 Å². The fraction of sp³-hybridized carbons (Fsp3) is 0.400. The van der Waals surface area contributed by atoms with E-state index in [0.717, 1.165) is 0 Å². The van der Waals surface area contributed by atoms with Gasteiger partial charge in [0.05, 0.1) is 0 Å². The summed E-state index contributed by atoms with van der Waals surface area (Å²) in [4.78, 5) is 9.00. The predicted molar refractivity (Wildman–Crippen MR) is 36.8 cm³/mol. The Hall–Kier alpha value is -1.07. The van der Waals surface area contributed by atoms with E-state index >= 15 is 0 Å². The summed E-state index contributed by atoms with van der Waals surface area (Å²) in [6.07, 6.45) is 0.479. The van der Waals surface area contributed by atoms with Crippen LogP contribution in [0.3, 0.4) is 0 Å². The van der Waals surface area contributed by atoms with Crippen molar-refractivity contribution in [3.63, 3.8) is 0 Å². The van der Waals surface area contributed by atoms with Crippen molar-refractivity contribution in [2.24, 2.45) is 11.5 Å². The number of hydrogen-bond donors (Lipinski definition) is 4. The zero-order valence-electron chi connectivity index (χ0n) is 5.53. The van der Waals surface area contributed by atoms with E-state index in [2.05, 4.69) is 18.0 Å². The van der Waals surface area contributed by atoms with Crippen LogP contribution in [-0.2, 0) is 0 Å². The fourth-order valence-corrected chi connectivity index (χ4v) is 0.149. The highest BCUT2D eigenvalue weighted by molar-refractivity contribution is 5.69. The molecule has 0 saturated heterocycles. The molecule has 10 heavy (non-hydrogen) atoms. The third-order valence-corrected chi connectivity index (χ3v) is 0.377. The van der Waals surface area contributed by atoms with Crippen LogP contribution < -0.4 is 11.5 Å². The molecule has 0 aromatic rings. The van der Waals surface area contributed by atoms with Gasteiger partial charge in [-0.25, -0.2) is 4.79 Å². The molecule has 60 valence electrons. The third-order valence-electron chi connectivity index (χ3n) is 0.377. The Kier molecular flexibility index (Phi) is 9.27. The van der Waals surface area contributed by atoms with E-state index in [0.29, 0.717) is 0 Å². The predicted octanol–water partition coefficient (Wildman–Crippen LogP) is -1.10. The summed E-state index contributed by atoms with van der Waals surface area (Å²) in [5.41, 5.74) is 8.50. The van der Waals surface area contributed by atoms with Crippen LogP contribution in [0.4, 0.5) is 4.79 Å². The van der Waals surface area contributed by atoms with Crippen LogP contribution in [0, 0.1) is 0 Å². The summed E-state index contributed by atoms with van der Waals surface area (Å²) in [6, 6.07) is -0.833. The molecule has 0 bridgehead atoms. The number of nitrogens with two attached hydrogens (primary N) is 2. The van der Waals surface area contributed by atoms with Crippen LogP contribution in [0.5, 0.6) is 0 Å². The zero-order chi connectivity index (χ0) is 8.57. The topological polar surface area (TPSA) is 110 Å². The molecule has 5 heteroatoms. The Balaban J connectivity index is 0. The average molecular weight is 148 g/mol. The molecule has 0 unspecified atom stereocenters. The van der Waals surface area contributed by atoms with E-state index in [1.54, 1.807) is 0 Å². The lowest BCUT2D eigenvalue weighted by Crippen LogP contribution is -2.18.